The van der Waals surface area contributed by atoms with Crippen LogP contribution in [0.2, 0.25) is 0 Å². The van der Waals surface area contributed by atoms with Crippen LogP contribution in [0.25, 0.3) is 0 Å². The summed E-state index contributed by atoms with van der Waals surface area (Å²) in [4.78, 5) is 2.14. The van der Waals surface area contributed by atoms with Crippen LogP contribution in [0.4, 0.5) is 5.69 Å². The van der Waals surface area contributed by atoms with Crippen LogP contribution in [0.3, 0.4) is 0 Å². The molecule has 1 aromatic carbocycles. The van der Waals surface area contributed by atoms with Gasteiger partial charge in [0.15, 0.2) is 0 Å². The second-order valence-electron chi connectivity index (χ2n) is 4.24. The number of methoxy groups -OCH3 is 1. The SMILES string of the molecule is CCCC(C)N(C)c1cc(OC)ccc1C#N. The molecule has 0 bridgehead atoms. The lowest BCUT2D eigenvalue weighted by atomic mass is 10.1. The van der Waals surface area contributed by atoms with Crippen LogP contribution in [0.5, 0.6) is 5.75 Å². The molecule has 0 fully saturated rings. The zero-order valence-electron chi connectivity index (χ0n) is 11.0. The summed E-state index contributed by atoms with van der Waals surface area (Å²) in [6, 6.07) is 8.19. The van der Waals surface area contributed by atoms with Gasteiger partial charge in [0.1, 0.15) is 11.8 Å². The molecule has 0 N–H and O–H groups in total. The number of ether oxygens (including phenoxy) is 1. The lowest BCUT2D eigenvalue weighted by Crippen LogP contribution is -2.29. The van der Waals surface area contributed by atoms with E-state index in [1.165, 1.54) is 0 Å². The maximum Gasteiger partial charge on any atom is 0.121 e. The summed E-state index contributed by atoms with van der Waals surface area (Å²) in [5.74, 6) is 0.787. The Hall–Kier alpha value is -1.69. The van der Waals surface area contributed by atoms with E-state index in [9.17, 15) is 0 Å². The molecule has 0 heterocycles. The summed E-state index contributed by atoms with van der Waals surface area (Å²) in [5, 5.41) is 9.13. The van der Waals surface area contributed by atoms with E-state index in [1.54, 1.807) is 7.11 Å². The van der Waals surface area contributed by atoms with E-state index in [2.05, 4.69) is 24.8 Å². The van der Waals surface area contributed by atoms with Crippen molar-refractivity contribution in [2.75, 3.05) is 19.1 Å². The highest BCUT2D eigenvalue weighted by Gasteiger charge is 2.13. The summed E-state index contributed by atoms with van der Waals surface area (Å²) < 4.78 is 5.21. The van der Waals surface area contributed by atoms with Gasteiger partial charge in [-0.2, -0.15) is 5.26 Å². The van der Waals surface area contributed by atoms with Gasteiger partial charge in [0.05, 0.1) is 18.4 Å². The van der Waals surface area contributed by atoms with Crippen molar-refractivity contribution in [2.45, 2.75) is 32.7 Å². The number of hydrogen-bond acceptors (Lipinski definition) is 3. The molecule has 0 radical (unpaired) electrons. The Kier molecular flexibility index (Phi) is 4.84. The lowest BCUT2D eigenvalue weighted by Gasteiger charge is -2.27. The molecule has 0 saturated carbocycles. The van der Waals surface area contributed by atoms with Crippen molar-refractivity contribution in [3.63, 3.8) is 0 Å². The van der Waals surface area contributed by atoms with E-state index in [0.29, 0.717) is 11.6 Å². The van der Waals surface area contributed by atoms with Crippen LogP contribution >= 0.6 is 0 Å². The summed E-state index contributed by atoms with van der Waals surface area (Å²) in [6.45, 7) is 4.34. The van der Waals surface area contributed by atoms with Gasteiger partial charge in [-0.25, -0.2) is 0 Å². The van der Waals surface area contributed by atoms with Gasteiger partial charge in [-0.1, -0.05) is 13.3 Å². The van der Waals surface area contributed by atoms with Crippen molar-refractivity contribution in [2.24, 2.45) is 0 Å². The number of anilines is 1. The van der Waals surface area contributed by atoms with Crippen molar-refractivity contribution >= 4 is 5.69 Å². The second-order valence-corrected chi connectivity index (χ2v) is 4.24. The molecular weight excluding hydrogens is 212 g/mol. The number of nitriles is 1. The molecule has 92 valence electrons. The van der Waals surface area contributed by atoms with E-state index in [4.69, 9.17) is 10.00 Å². The quantitative estimate of drug-likeness (QED) is 0.782. The highest BCUT2D eigenvalue weighted by molar-refractivity contribution is 5.62. The topological polar surface area (TPSA) is 36.3 Å². The van der Waals surface area contributed by atoms with Gasteiger partial charge in [-0.3, -0.25) is 0 Å². The number of rotatable bonds is 5. The predicted molar refractivity (Wildman–Crippen MR) is 70.5 cm³/mol. The summed E-state index contributed by atoms with van der Waals surface area (Å²) in [5.41, 5.74) is 1.63. The summed E-state index contributed by atoms with van der Waals surface area (Å²) >= 11 is 0. The van der Waals surface area contributed by atoms with Gasteiger partial charge in [0.25, 0.3) is 0 Å². The molecule has 1 unspecified atom stereocenters. The predicted octanol–water partition coefficient (Wildman–Crippen LogP) is 3.19. The third-order valence-electron chi connectivity index (χ3n) is 3.07. The average Bonchev–Trinajstić information content (AvgIpc) is 2.37. The normalized spacial score (nSPS) is 11.7. The Bertz CT molecular complexity index is 409. The molecule has 0 amide bonds. The second kappa shape index (κ2) is 6.15. The standard InChI is InChI=1S/C14H20N2O/c1-5-6-11(2)16(3)14-9-13(17-4)8-7-12(14)10-15/h7-9,11H,5-6H2,1-4H3. The highest BCUT2D eigenvalue weighted by Crippen LogP contribution is 2.27. The fourth-order valence-corrected chi connectivity index (χ4v) is 1.87. The molecule has 17 heavy (non-hydrogen) atoms. The molecule has 1 aromatic rings. The van der Waals surface area contributed by atoms with Crippen LogP contribution in [-0.4, -0.2) is 20.2 Å². The molecule has 0 aliphatic heterocycles. The molecule has 1 rings (SSSR count). The first-order chi connectivity index (χ1) is 8.13. The monoisotopic (exact) mass is 232 g/mol. The van der Waals surface area contributed by atoms with Crippen molar-refractivity contribution in [3.05, 3.63) is 23.8 Å². The van der Waals surface area contributed by atoms with Gasteiger partial charge < -0.3 is 9.64 Å². The maximum atomic E-state index is 9.13. The Morgan fingerprint density at radius 1 is 1.47 bits per heavy atom. The third-order valence-corrected chi connectivity index (χ3v) is 3.07. The van der Waals surface area contributed by atoms with Gasteiger partial charge in [-0.05, 0) is 25.5 Å². The Balaban J connectivity index is 3.05. The van der Waals surface area contributed by atoms with Crippen LogP contribution in [0.15, 0.2) is 18.2 Å². The largest absolute Gasteiger partial charge is 0.497 e. The lowest BCUT2D eigenvalue weighted by molar-refractivity contribution is 0.414. The molecule has 3 nitrogen and oxygen atoms in total. The van der Waals surface area contributed by atoms with Crippen LogP contribution in [0.1, 0.15) is 32.3 Å². The molecule has 0 spiro atoms. The number of nitrogens with zero attached hydrogens (tertiary/aromatic N) is 2. The Labute approximate surface area is 104 Å². The highest BCUT2D eigenvalue weighted by atomic mass is 16.5. The minimum atomic E-state index is 0.416. The zero-order valence-corrected chi connectivity index (χ0v) is 11.0. The van der Waals surface area contributed by atoms with Crippen molar-refractivity contribution in [1.82, 2.24) is 0 Å². The zero-order chi connectivity index (χ0) is 12.8. The first-order valence-corrected chi connectivity index (χ1v) is 5.95. The van der Waals surface area contributed by atoms with Crippen molar-refractivity contribution < 1.29 is 4.74 Å². The van der Waals surface area contributed by atoms with E-state index in [-0.39, 0.29) is 0 Å². The molecule has 0 aromatic heterocycles. The molecule has 0 saturated heterocycles. The van der Waals surface area contributed by atoms with E-state index in [0.717, 1.165) is 24.3 Å². The Morgan fingerprint density at radius 2 is 2.18 bits per heavy atom. The molecule has 1 atom stereocenters. The maximum absolute atomic E-state index is 9.13. The third kappa shape index (κ3) is 3.13. The number of benzene rings is 1. The number of hydrogen-bond donors (Lipinski definition) is 0. The van der Waals surface area contributed by atoms with Gasteiger partial charge >= 0.3 is 0 Å². The smallest absolute Gasteiger partial charge is 0.121 e. The minimum absolute atomic E-state index is 0.416. The van der Waals surface area contributed by atoms with Gasteiger partial charge in [0, 0.05) is 19.2 Å². The van der Waals surface area contributed by atoms with E-state index in [1.807, 2.05) is 25.2 Å². The summed E-state index contributed by atoms with van der Waals surface area (Å²) in [7, 11) is 3.66. The minimum Gasteiger partial charge on any atom is -0.497 e. The fourth-order valence-electron chi connectivity index (χ4n) is 1.87. The molecule has 3 heteroatoms. The van der Waals surface area contributed by atoms with E-state index >= 15 is 0 Å². The molecule has 0 aliphatic rings. The molecule has 0 aliphatic carbocycles. The van der Waals surface area contributed by atoms with E-state index < -0.39 is 0 Å². The van der Waals surface area contributed by atoms with Crippen LogP contribution in [0, 0.1) is 11.3 Å². The first-order valence-electron chi connectivity index (χ1n) is 5.95. The first kappa shape index (κ1) is 13.4. The Morgan fingerprint density at radius 3 is 2.71 bits per heavy atom. The van der Waals surface area contributed by atoms with Crippen molar-refractivity contribution in [1.29, 1.82) is 5.26 Å². The average molecular weight is 232 g/mol. The summed E-state index contributed by atoms with van der Waals surface area (Å²) in [6.07, 6.45) is 2.25. The fraction of sp³-hybridized carbons (Fsp3) is 0.500. The van der Waals surface area contributed by atoms with Gasteiger partial charge in [-0.15, -0.1) is 0 Å². The van der Waals surface area contributed by atoms with Gasteiger partial charge in [0.2, 0.25) is 0 Å². The van der Waals surface area contributed by atoms with Crippen molar-refractivity contribution in [3.8, 4) is 11.8 Å². The van der Waals surface area contributed by atoms with Crippen LogP contribution in [-0.2, 0) is 0 Å². The van der Waals surface area contributed by atoms with Crippen LogP contribution < -0.4 is 9.64 Å². The molecular formula is C14H20N2O.